The van der Waals surface area contributed by atoms with Gasteiger partial charge in [-0.3, -0.25) is 0 Å². The van der Waals surface area contributed by atoms with Gasteiger partial charge >= 0.3 is 0 Å². The van der Waals surface area contributed by atoms with Crippen molar-refractivity contribution in [3.8, 4) is 0 Å². The summed E-state index contributed by atoms with van der Waals surface area (Å²) in [6.07, 6.45) is 0. The van der Waals surface area contributed by atoms with E-state index in [2.05, 4.69) is 31.2 Å². The molecule has 2 aliphatic rings. The fourth-order valence-electron chi connectivity index (χ4n) is 1.97. The third-order valence-electron chi connectivity index (χ3n) is 2.66. The summed E-state index contributed by atoms with van der Waals surface area (Å²) < 4.78 is 1.01. The van der Waals surface area contributed by atoms with Crippen LogP contribution >= 0.6 is 39.1 Å². The van der Waals surface area contributed by atoms with Crippen molar-refractivity contribution in [1.82, 2.24) is 0 Å². The van der Waals surface area contributed by atoms with E-state index < -0.39 is 0 Å². The van der Waals surface area contributed by atoms with Crippen LogP contribution in [0.1, 0.15) is 11.6 Å². The summed E-state index contributed by atoms with van der Waals surface area (Å²) in [5.41, 5.74) is 2.12. The van der Waals surface area contributed by atoms with E-state index in [0.717, 1.165) is 15.7 Å². The first-order valence-electron chi connectivity index (χ1n) is 4.68. The topological polar surface area (TPSA) is 36.8 Å². The monoisotopic (exact) mass is 317 g/mol. The van der Waals surface area contributed by atoms with E-state index >= 15 is 0 Å². The van der Waals surface area contributed by atoms with Crippen LogP contribution in [0.3, 0.4) is 0 Å². The Hall–Kier alpha value is -0.580. The van der Waals surface area contributed by atoms with Gasteiger partial charge in [0.1, 0.15) is 17.3 Å². The predicted molar refractivity (Wildman–Crippen MR) is 70.9 cm³/mol. The summed E-state index contributed by atoms with van der Waals surface area (Å²) in [6.45, 7) is 0. The quantitative estimate of drug-likeness (QED) is 0.730. The van der Waals surface area contributed by atoms with Gasteiger partial charge in [0.2, 0.25) is 5.29 Å². The Morgan fingerprint density at radius 2 is 2.12 bits per heavy atom. The molecule has 0 bridgehead atoms. The van der Waals surface area contributed by atoms with E-state index in [1.807, 2.05) is 18.2 Å². The molecule has 82 valence electrons. The Kier molecular flexibility index (Phi) is 2.46. The first kappa shape index (κ1) is 10.6. The Morgan fingerprint density at radius 1 is 1.31 bits per heavy atom. The molecule has 0 saturated heterocycles. The second-order valence-corrected chi connectivity index (χ2v) is 5.27. The van der Waals surface area contributed by atoms with Crippen molar-refractivity contribution >= 4 is 55.3 Å². The molecule has 2 atom stereocenters. The largest absolute Gasteiger partial charge is 0.373 e. The molecule has 0 aromatic heterocycles. The van der Waals surface area contributed by atoms with Gasteiger partial charge in [-0.25, -0.2) is 9.98 Å². The SMILES string of the molecule is ClC1=NC2c3cc(Br)ccc3NC2C(Cl)=N1. The molecular formula is C10H6BrCl2N3. The Labute approximate surface area is 111 Å². The number of hydrogen-bond acceptors (Lipinski definition) is 3. The highest BCUT2D eigenvalue weighted by molar-refractivity contribution is 9.10. The molecule has 2 aliphatic heterocycles. The Bertz CT molecular complexity index is 527. The molecule has 2 unspecified atom stereocenters. The molecule has 3 rings (SSSR count). The van der Waals surface area contributed by atoms with Crippen molar-refractivity contribution in [2.75, 3.05) is 5.32 Å². The molecule has 0 fully saturated rings. The van der Waals surface area contributed by atoms with Gasteiger partial charge in [0.25, 0.3) is 0 Å². The summed E-state index contributed by atoms with van der Waals surface area (Å²) in [4.78, 5) is 8.26. The molecule has 2 heterocycles. The van der Waals surface area contributed by atoms with E-state index in [1.54, 1.807) is 0 Å². The first-order chi connectivity index (χ1) is 7.65. The number of nitrogens with zero attached hydrogens (tertiary/aromatic N) is 2. The molecule has 0 radical (unpaired) electrons. The molecule has 0 aliphatic carbocycles. The maximum Gasteiger partial charge on any atom is 0.219 e. The fourth-order valence-corrected chi connectivity index (χ4v) is 2.84. The summed E-state index contributed by atoms with van der Waals surface area (Å²) in [6, 6.07) is 5.82. The molecule has 6 heteroatoms. The van der Waals surface area contributed by atoms with Crippen molar-refractivity contribution in [3.63, 3.8) is 0 Å². The smallest absolute Gasteiger partial charge is 0.219 e. The van der Waals surface area contributed by atoms with Crippen LogP contribution < -0.4 is 5.32 Å². The fraction of sp³-hybridized carbons (Fsp3) is 0.200. The molecule has 1 aromatic rings. The van der Waals surface area contributed by atoms with Gasteiger partial charge in [0, 0.05) is 15.7 Å². The van der Waals surface area contributed by atoms with Crippen LogP contribution in [0.5, 0.6) is 0 Å². The zero-order valence-electron chi connectivity index (χ0n) is 7.92. The van der Waals surface area contributed by atoms with Crippen molar-refractivity contribution in [2.45, 2.75) is 12.1 Å². The number of aliphatic imine (C=N–C) groups is 2. The molecule has 3 nitrogen and oxygen atoms in total. The highest BCUT2D eigenvalue weighted by Gasteiger charge is 2.37. The Balaban J connectivity index is 2.12. The standard InChI is InChI=1S/C10H6BrCl2N3/c11-4-1-2-6-5(3-4)7-8(14-6)9(12)16-10(13)15-7/h1-3,7-8,14H. The zero-order valence-corrected chi connectivity index (χ0v) is 11.0. The maximum absolute atomic E-state index is 6.05. The minimum atomic E-state index is -0.0894. The first-order valence-corrected chi connectivity index (χ1v) is 6.23. The predicted octanol–water partition coefficient (Wildman–Crippen LogP) is 3.53. The minimum absolute atomic E-state index is 0.0787. The van der Waals surface area contributed by atoms with E-state index in [9.17, 15) is 0 Å². The number of halogens is 3. The van der Waals surface area contributed by atoms with Crippen LogP contribution in [0, 0.1) is 0 Å². The van der Waals surface area contributed by atoms with Crippen LogP contribution in [0.2, 0.25) is 0 Å². The van der Waals surface area contributed by atoms with Gasteiger partial charge in [-0.2, -0.15) is 0 Å². The lowest BCUT2D eigenvalue weighted by Gasteiger charge is -2.18. The summed E-state index contributed by atoms with van der Waals surface area (Å²) in [5.74, 6) is 0. The second kappa shape index (κ2) is 3.72. The molecule has 1 N–H and O–H groups in total. The summed E-state index contributed by atoms with van der Waals surface area (Å²) in [7, 11) is 0. The van der Waals surface area contributed by atoms with Crippen molar-refractivity contribution < 1.29 is 0 Å². The zero-order chi connectivity index (χ0) is 11.3. The van der Waals surface area contributed by atoms with E-state index in [1.165, 1.54) is 0 Å². The third-order valence-corrected chi connectivity index (χ3v) is 3.66. The van der Waals surface area contributed by atoms with Gasteiger partial charge in [0.15, 0.2) is 0 Å². The minimum Gasteiger partial charge on any atom is -0.373 e. The number of anilines is 1. The maximum atomic E-state index is 6.05. The van der Waals surface area contributed by atoms with E-state index in [-0.39, 0.29) is 17.4 Å². The number of hydrogen-bond donors (Lipinski definition) is 1. The molecule has 16 heavy (non-hydrogen) atoms. The van der Waals surface area contributed by atoms with Crippen LogP contribution in [0.25, 0.3) is 0 Å². The molecule has 0 amide bonds. The second-order valence-electron chi connectivity index (χ2n) is 3.63. The van der Waals surface area contributed by atoms with Crippen LogP contribution in [-0.2, 0) is 0 Å². The van der Waals surface area contributed by atoms with Gasteiger partial charge < -0.3 is 5.32 Å². The van der Waals surface area contributed by atoms with Gasteiger partial charge in [-0.1, -0.05) is 27.5 Å². The lowest BCUT2D eigenvalue weighted by atomic mass is 10.0. The van der Waals surface area contributed by atoms with Crippen molar-refractivity contribution in [2.24, 2.45) is 9.98 Å². The van der Waals surface area contributed by atoms with Crippen LogP contribution in [0.15, 0.2) is 32.7 Å². The number of amidine groups is 1. The molecule has 0 saturated carbocycles. The third kappa shape index (κ3) is 1.56. The van der Waals surface area contributed by atoms with E-state index in [0.29, 0.717) is 5.17 Å². The van der Waals surface area contributed by atoms with Gasteiger partial charge in [-0.15, -0.1) is 0 Å². The highest BCUT2D eigenvalue weighted by atomic mass is 79.9. The number of benzene rings is 1. The normalized spacial score (nSPS) is 26.4. The number of nitrogens with one attached hydrogen (secondary N) is 1. The van der Waals surface area contributed by atoms with E-state index in [4.69, 9.17) is 23.2 Å². The summed E-state index contributed by atoms with van der Waals surface area (Å²) >= 11 is 15.3. The summed E-state index contributed by atoms with van der Waals surface area (Å²) in [5, 5.41) is 3.95. The number of fused-ring (bicyclic) bond motifs is 3. The average molecular weight is 319 g/mol. The number of rotatable bonds is 0. The molecule has 1 aromatic carbocycles. The van der Waals surface area contributed by atoms with Gasteiger partial charge in [0.05, 0.1) is 0 Å². The lowest BCUT2D eigenvalue weighted by molar-refractivity contribution is 0.735. The highest BCUT2D eigenvalue weighted by Crippen LogP contribution is 2.41. The lowest BCUT2D eigenvalue weighted by Crippen LogP contribution is -2.29. The molecule has 0 spiro atoms. The Morgan fingerprint density at radius 3 is 2.94 bits per heavy atom. The average Bonchev–Trinajstić information content (AvgIpc) is 2.57. The van der Waals surface area contributed by atoms with Gasteiger partial charge in [-0.05, 0) is 29.8 Å². The van der Waals surface area contributed by atoms with Crippen LogP contribution in [-0.4, -0.2) is 16.5 Å². The van der Waals surface area contributed by atoms with Crippen molar-refractivity contribution in [3.05, 3.63) is 28.2 Å². The molecular weight excluding hydrogens is 313 g/mol. The van der Waals surface area contributed by atoms with Crippen LogP contribution in [0.4, 0.5) is 5.69 Å². The van der Waals surface area contributed by atoms with Crippen molar-refractivity contribution in [1.29, 1.82) is 0 Å².